The maximum absolute atomic E-state index is 5.99. The van der Waals surface area contributed by atoms with Gasteiger partial charge in [0.25, 0.3) is 0 Å². The van der Waals surface area contributed by atoms with E-state index in [1.807, 2.05) is 7.05 Å². The number of guanidine groups is 1. The first-order valence-electron chi connectivity index (χ1n) is 8.73. The summed E-state index contributed by atoms with van der Waals surface area (Å²) >= 11 is 1.71. The van der Waals surface area contributed by atoms with E-state index in [2.05, 4.69) is 32.9 Å². The van der Waals surface area contributed by atoms with Crippen molar-refractivity contribution in [3.8, 4) is 0 Å². The van der Waals surface area contributed by atoms with Gasteiger partial charge in [0, 0.05) is 49.4 Å². The van der Waals surface area contributed by atoms with E-state index in [0.29, 0.717) is 23.5 Å². The zero-order valence-electron chi connectivity index (χ0n) is 14.4. The Balaban J connectivity index is 0.00000169. The molecule has 2 N–H and O–H groups in total. The van der Waals surface area contributed by atoms with Crippen molar-refractivity contribution >= 4 is 41.3 Å². The van der Waals surface area contributed by atoms with E-state index in [1.165, 1.54) is 31.4 Å². The number of rotatable bonds is 4. The Bertz CT molecular complexity index is 601. The highest BCUT2D eigenvalue weighted by molar-refractivity contribution is 14.0. The van der Waals surface area contributed by atoms with Crippen LogP contribution in [-0.4, -0.2) is 43.3 Å². The van der Waals surface area contributed by atoms with E-state index in [-0.39, 0.29) is 24.0 Å². The van der Waals surface area contributed by atoms with Crippen LogP contribution in [0.5, 0.6) is 0 Å². The summed E-state index contributed by atoms with van der Waals surface area (Å²) in [5.74, 6) is 1.61. The molecule has 24 heavy (non-hydrogen) atoms. The van der Waals surface area contributed by atoms with Gasteiger partial charge in [0.05, 0.1) is 16.8 Å². The summed E-state index contributed by atoms with van der Waals surface area (Å²) in [6.45, 7) is 3.86. The second-order valence-corrected chi connectivity index (χ2v) is 8.12. The van der Waals surface area contributed by atoms with Crippen LogP contribution < -0.4 is 10.6 Å². The second-order valence-electron chi connectivity index (χ2n) is 7.06. The lowest BCUT2D eigenvalue weighted by Crippen LogP contribution is -2.72. The third kappa shape index (κ3) is 3.07. The van der Waals surface area contributed by atoms with Crippen LogP contribution in [0.25, 0.3) is 0 Å². The molecule has 3 fully saturated rings. The van der Waals surface area contributed by atoms with Crippen molar-refractivity contribution in [2.24, 2.45) is 16.3 Å². The summed E-state index contributed by atoms with van der Waals surface area (Å²) in [5, 5.41) is 10.4. The van der Waals surface area contributed by atoms with Crippen molar-refractivity contribution in [1.82, 2.24) is 15.6 Å². The molecule has 0 aromatic carbocycles. The minimum Gasteiger partial charge on any atom is -0.377 e. The Kier molecular flexibility index (Phi) is 5.71. The highest BCUT2D eigenvalue weighted by Crippen LogP contribution is 2.62. The lowest BCUT2D eigenvalue weighted by Gasteiger charge is -2.63. The molecule has 2 heterocycles. The molecule has 1 aromatic heterocycles. The number of ether oxygens (including phenoxy) is 1. The van der Waals surface area contributed by atoms with Crippen molar-refractivity contribution in [3.05, 3.63) is 16.1 Å². The minimum absolute atomic E-state index is 0. The Hall–Kier alpha value is -0.410. The number of halogens is 1. The maximum atomic E-state index is 5.99. The average Bonchev–Trinajstić information content (AvgIpc) is 3.09. The summed E-state index contributed by atoms with van der Waals surface area (Å²) in [6, 6.07) is 0.538. The lowest BCUT2D eigenvalue weighted by molar-refractivity contribution is -0.171. The summed E-state index contributed by atoms with van der Waals surface area (Å²) in [6.07, 6.45) is 6.60. The van der Waals surface area contributed by atoms with Crippen LogP contribution >= 0.6 is 35.3 Å². The van der Waals surface area contributed by atoms with Gasteiger partial charge in [0.2, 0.25) is 0 Å². The van der Waals surface area contributed by atoms with E-state index in [0.717, 1.165) is 30.5 Å². The number of thiazole rings is 1. The molecule has 0 bridgehead atoms. The highest BCUT2D eigenvalue weighted by atomic mass is 127. The number of hydrogen-bond donors (Lipinski definition) is 2. The summed E-state index contributed by atoms with van der Waals surface area (Å²) < 4.78 is 5.99. The van der Waals surface area contributed by atoms with Crippen molar-refractivity contribution in [2.75, 3.05) is 20.2 Å². The third-order valence-corrected chi connectivity index (χ3v) is 6.71. The van der Waals surface area contributed by atoms with Crippen LogP contribution in [-0.2, 0) is 11.2 Å². The highest BCUT2D eigenvalue weighted by Gasteiger charge is 2.66. The van der Waals surface area contributed by atoms with E-state index in [9.17, 15) is 0 Å². The molecular weight excluding hydrogens is 435 g/mol. The molecule has 1 saturated heterocycles. The van der Waals surface area contributed by atoms with Gasteiger partial charge in [-0.15, -0.1) is 35.3 Å². The van der Waals surface area contributed by atoms with Crippen LogP contribution in [0.3, 0.4) is 0 Å². The van der Waals surface area contributed by atoms with Gasteiger partial charge in [0.1, 0.15) is 0 Å². The molecule has 1 aromatic rings. The molecular formula is C17H27IN4OS. The number of fused-ring (bicyclic) bond motifs is 2. The van der Waals surface area contributed by atoms with E-state index in [4.69, 9.17) is 4.74 Å². The molecule has 3 atom stereocenters. The maximum Gasteiger partial charge on any atom is 0.191 e. The monoisotopic (exact) mass is 462 g/mol. The summed E-state index contributed by atoms with van der Waals surface area (Å²) in [4.78, 5) is 8.93. The quantitative estimate of drug-likeness (QED) is 0.411. The number of aromatic nitrogens is 1. The Labute approximate surface area is 165 Å². The fraction of sp³-hybridized carbons (Fsp3) is 0.765. The molecule has 5 nitrogen and oxygen atoms in total. The van der Waals surface area contributed by atoms with Gasteiger partial charge in [-0.1, -0.05) is 6.42 Å². The van der Waals surface area contributed by atoms with Crippen LogP contribution in [0, 0.1) is 18.3 Å². The van der Waals surface area contributed by atoms with Gasteiger partial charge in [0.15, 0.2) is 5.96 Å². The SMILES string of the molecule is CN=C(NCCc1csc(C)n1)NC1C2CCOC2C12CCC2.I. The number of hydrogen-bond acceptors (Lipinski definition) is 4. The molecule has 134 valence electrons. The number of nitrogens with zero attached hydrogens (tertiary/aromatic N) is 2. The van der Waals surface area contributed by atoms with Crippen molar-refractivity contribution in [2.45, 2.75) is 51.2 Å². The van der Waals surface area contributed by atoms with Crippen LogP contribution in [0.15, 0.2) is 10.4 Å². The number of aryl methyl sites for hydroxylation is 1. The first-order valence-corrected chi connectivity index (χ1v) is 9.61. The number of nitrogens with one attached hydrogen (secondary N) is 2. The molecule has 4 rings (SSSR count). The summed E-state index contributed by atoms with van der Waals surface area (Å²) in [7, 11) is 1.86. The molecule has 2 aliphatic carbocycles. The van der Waals surface area contributed by atoms with Gasteiger partial charge >= 0.3 is 0 Å². The Morgan fingerprint density at radius 3 is 2.96 bits per heavy atom. The molecule has 3 aliphatic rings. The zero-order valence-corrected chi connectivity index (χ0v) is 17.5. The van der Waals surface area contributed by atoms with Gasteiger partial charge in [-0.05, 0) is 26.2 Å². The molecule has 2 saturated carbocycles. The molecule has 7 heteroatoms. The van der Waals surface area contributed by atoms with Crippen LogP contribution in [0.1, 0.15) is 36.4 Å². The predicted molar refractivity (Wildman–Crippen MR) is 108 cm³/mol. The predicted octanol–water partition coefficient (Wildman–Crippen LogP) is 2.73. The van der Waals surface area contributed by atoms with Gasteiger partial charge in [-0.25, -0.2) is 4.98 Å². The largest absolute Gasteiger partial charge is 0.377 e. The summed E-state index contributed by atoms with van der Waals surface area (Å²) in [5.41, 5.74) is 1.56. The molecule has 3 unspecified atom stereocenters. The third-order valence-electron chi connectivity index (χ3n) is 5.89. The topological polar surface area (TPSA) is 58.5 Å². The second kappa shape index (κ2) is 7.45. The van der Waals surface area contributed by atoms with E-state index < -0.39 is 0 Å². The fourth-order valence-corrected chi connectivity index (χ4v) is 5.28. The molecule has 0 radical (unpaired) electrons. The van der Waals surface area contributed by atoms with E-state index in [1.54, 1.807) is 11.3 Å². The van der Waals surface area contributed by atoms with Gasteiger partial charge < -0.3 is 15.4 Å². The molecule has 1 spiro atoms. The Morgan fingerprint density at radius 1 is 1.50 bits per heavy atom. The van der Waals surface area contributed by atoms with Crippen LogP contribution in [0.4, 0.5) is 0 Å². The molecule has 0 amide bonds. The minimum atomic E-state index is 0. The average molecular weight is 462 g/mol. The van der Waals surface area contributed by atoms with Gasteiger partial charge in [-0.2, -0.15) is 0 Å². The first-order chi connectivity index (χ1) is 11.2. The molecule has 1 aliphatic heterocycles. The standard InChI is InChI=1S/C17H26N4OS.HI/c1-11-20-12(10-23-11)4-8-19-16(18-2)21-14-13-5-9-22-15(13)17(14)6-3-7-17;/h10,13-15H,3-9H2,1-2H3,(H2,18,19,21);1H. The normalized spacial score (nSPS) is 30.1. The first kappa shape index (κ1) is 18.4. The Morgan fingerprint density at radius 2 is 2.33 bits per heavy atom. The van der Waals surface area contributed by atoms with Crippen molar-refractivity contribution in [3.63, 3.8) is 0 Å². The zero-order chi connectivity index (χ0) is 15.9. The lowest BCUT2D eigenvalue weighted by atomic mass is 9.46. The van der Waals surface area contributed by atoms with E-state index >= 15 is 0 Å². The number of aliphatic imine (C=N–C) groups is 1. The smallest absolute Gasteiger partial charge is 0.191 e. The van der Waals surface area contributed by atoms with Gasteiger partial charge in [-0.3, -0.25) is 4.99 Å². The van der Waals surface area contributed by atoms with Crippen molar-refractivity contribution in [1.29, 1.82) is 0 Å². The van der Waals surface area contributed by atoms with Crippen molar-refractivity contribution < 1.29 is 4.74 Å². The fourth-order valence-electron chi connectivity index (χ4n) is 4.63. The van der Waals surface area contributed by atoms with Crippen LogP contribution in [0.2, 0.25) is 0 Å².